The summed E-state index contributed by atoms with van der Waals surface area (Å²) in [4.78, 5) is 0. The molecule has 0 aromatic heterocycles. The largest absolute Gasteiger partial charge is 0 e. The fraction of sp³-hybridized carbons (Fsp3) is 0. The number of rotatable bonds is 0. The smallest absolute Gasteiger partial charge is 0 e. The molecule has 0 spiro atoms. The summed E-state index contributed by atoms with van der Waals surface area (Å²) in [6.07, 6.45) is 0. The Hall–Kier alpha value is 4.94. The Morgan fingerprint density at radius 2 is 0.333 bits per heavy atom. The van der Waals surface area contributed by atoms with Gasteiger partial charge in [-0.1, -0.05) is 0 Å². The maximum absolute atomic E-state index is 0. The molecule has 0 aromatic rings. The van der Waals surface area contributed by atoms with Gasteiger partial charge in [-0.15, -0.1) is 0 Å². The normalized spacial score (nSPS) is 0. The van der Waals surface area contributed by atoms with Crippen LogP contribution in [-0.4, -0.2) is 0 Å². The first-order valence-electron chi connectivity index (χ1n) is 0. The van der Waals surface area contributed by atoms with Crippen molar-refractivity contribution >= 4 is 0 Å². The van der Waals surface area contributed by atoms with Crippen molar-refractivity contribution in [2.24, 2.45) is 0 Å². The Balaban J connectivity index is 0. The quantitative estimate of drug-likeness (QED) is 0.519. The minimum atomic E-state index is 0. The van der Waals surface area contributed by atoms with Crippen molar-refractivity contribution in [3.63, 3.8) is 0 Å². The summed E-state index contributed by atoms with van der Waals surface area (Å²) in [5.74, 6) is 0. The second-order valence-corrected chi connectivity index (χ2v) is 0. The number of hydrogen-bond donors (Lipinski definition) is 0. The second kappa shape index (κ2) is 32.6. The Morgan fingerprint density at radius 3 is 0.333 bits per heavy atom. The van der Waals surface area contributed by atoms with E-state index in [-0.39, 0.29) is 150 Å². The van der Waals surface area contributed by atoms with Crippen molar-refractivity contribution in [1.82, 2.24) is 0 Å². The molecule has 0 atom stereocenters. The first-order valence-corrected chi connectivity index (χ1v) is 0. The van der Waals surface area contributed by atoms with Crippen LogP contribution in [0.2, 0.25) is 0 Å². The molecule has 0 saturated heterocycles. The van der Waals surface area contributed by atoms with Gasteiger partial charge < -0.3 is 0 Å². The molecular formula is PrTi5. The topological polar surface area (TPSA) is 0 Å². The summed E-state index contributed by atoms with van der Waals surface area (Å²) in [5, 5.41) is 0. The third kappa shape index (κ3) is 23.1. The molecule has 0 nitrogen and oxygen atoms in total. The molecule has 0 fully saturated rings. The van der Waals surface area contributed by atoms with Gasteiger partial charge in [0.25, 0.3) is 0 Å². The summed E-state index contributed by atoms with van der Waals surface area (Å²) >= 11 is 0. The molecule has 6 heavy (non-hydrogen) atoms. The van der Waals surface area contributed by atoms with E-state index in [1.54, 1.807) is 0 Å². The molecule has 0 aliphatic carbocycles. The van der Waals surface area contributed by atoms with Crippen molar-refractivity contribution in [3.8, 4) is 0 Å². The van der Waals surface area contributed by atoms with Gasteiger partial charge in [-0.25, -0.2) is 0 Å². The van der Waals surface area contributed by atoms with Gasteiger partial charge >= 0.3 is 0 Å². The molecule has 6 heteroatoms. The van der Waals surface area contributed by atoms with Crippen molar-refractivity contribution in [1.29, 1.82) is 0 Å². The average molecular weight is 380 g/mol. The first kappa shape index (κ1) is 44.3. The molecular weight excluding hydrogens is 380 g/mol. The van der Waals surface area contributed by atoms with Gasteiger partial charge in [0.05, 0.1) is 0 Å². The van der Waals surface area contributed by atoms with E-state index in [1.807, 2.05) is 0 Å². The third-order valence-corrected chi connectivity index (χ3v) is 0. The molecule has 23 valence electrons. The van der Waals surface area contributed by atoms with Crippen LogP contribution in [0.15, 0.2) is 0 Å². The summed E-state index contributed by atoms with van der Waals surface area (Å²) in [7, 11) is 0. The van der Waals surface area contributed by atoms with Gasteiger partial charge in [0, 0.05) is 150 Å². The van der Waals surface area contributed by atoms with E-state index >= 15 is 0 Å². The second-order valence-electron chi connectivity index (χ2n) is 0. The maximum Gasteiger partial charge on any atom is 0 e. The molecule has 0 N–H and O–H groups in total. The Bertz CT molecular complexity index is 3.90. The molecule has 0 bridgehead atoms. The fourth-order valence-corrected chi connectivity index (χ4v) is 0. The van der Waals surface area contributed by atoms with Crippen LogP contribution in [0.5, 0.6) is 0 Å². The van der Waals surface area contributed by atoms with Crippen LogP contribution in [0.25, 0.3) is 0 Å². The molecule has 1 radical (unpaired) electrons. The Labute approximate surface area is 146 Å². The molecule has 0 aromatic carbocycles. The standard InChI is InChI=1S/Pr.5Ti. The predicted molar refractivity (Wildman–Crippen MR) is 0 cm³/mol. The molecule has 0 aliphatic heterocycles. The molecule has 0 rings (SSSR count). The minimum Gasteiger partial charge on any atom is 0 e. The monoisotopic (exact) mass is 381 g/mol. The van der Waals surface area contributed by atoms with E-state index in [0.717, 1.165) is 0 Å². The number of hydrogen-bond acceptors (Lipinski definition) is 0. The van der Waals surface area contributed by atoms with Gasteiger partial charge in [0.1, 0.15) is 0 Å². The van der Waals surface area contributed by atoms with Crippen LogP contribution in [0.4, 0.5) is 0 Å². The van der Waals surface area contributed by atoms with Gasteiger partial charge in [0.15, 0.2) is 0 Å². The predicted octanol–water partition coefficient (Wildman–Crippen LogP) is -0.0125. The Kier molecular flexibility index (Phi) is 241. The van der Waals surface area contributed by atoms with E-state index < -0.39 is 0 Å². The molecule has 0 heterocycles. The van der Waals surface area contributed by atoms with Crippen LogP contribution in [0.3, 0.4) is 0 Å². The zero-order valence-corrected chi connectivity index (χ0v) is 14.6. The zero-order chi connectivity index (χ0) is 0. The summed E-state index contributed by atoms with van der Waals surface area (Å²) in [6.45, 7) is 0. The van der Waals surface area contributed by atoms with Crippen LogP contribution in [-0.2, 0) is 109 Å². The average Bonchev–Trinajstić information content (AvgIpc) is 0. The van der Waals surface area contributed by atoms with E-state index in [1.165, 1.54) is 0 Å². The van der Waals surface area contributed by atoms with Gasteiger partial charge in [-0.05, 0) is 0 Å². The zero-order valence-electron chi connectivity index (χ0n) is 3.08. The molecule has 0 unspecified atom stereocenters. The third-order valence-electron chi connectivity index (χ3n) is 0. The van der Waals surface area contributed by atoms with Crippen molar-refractivity contribution < 1.29 is 150 Å². The minimum absolute atomic E-state index is 0. The molecule has 0 aliphatic rings. The Morgan fingerprint density at radius 1 is 0.333 bits per heavy atom. The van der Waals surface area contributed by atoms with E-state index in [9.17, 15) is 0 Å². The van der Waals surface area contributed by atoms with E-state index in [2.05, 4.69) is 0 Å². The first-order chi connectivity index (χ1) is 0. The van der Waals surface area contributed by atoms with Gasteiger partial charge in [0.2, 0.25) is 0 Å². The van der Waals surface area contributed by atoms with Gasteiger partial charge in [-0.3, -0.25) is 0 Å². The van der Waals surface area contributed by atoms with Gasteiger partial charge in [-0.2, -0.15) is 0 Å². The van der Waals surface area contributed by atoms with Crippen molar-refractivity contribution in [2.45, 2.75) is 0 Å². The summed E-state index contributed by atoms with van der Waals surface area (Å²) in [5.41, 5.74) is 0. The maximum atomic E-state index is 0. The summed E-state index contributed by atoms with van der Waals surface area (Å²) < 4.78 is 0. The van der Waals surface area contributed by atoms with Crippen molar-refractivity contribution in [2.75, 3.05) is 0 Å². The van der Waals surface area contributed by atoms with E-state index in [4.69, 9.17) is 0 Å². The van der Waals surface area contributed by atoms with Crippen LogP contribution in [0.1, 0.15) is 0 Å². The SMILES string of the molecule is [Pr].[Ti].[Ti].[Ti].[Ti].[Ti]. The fourth-order valence-electron chi connectivity index (χ4n) is 0. The summed E-state index contributed by atoms with van der Waals surface area (Å²) in [6, 6.07) is 0. The van der Waals surface area contributed by atoms with E-state index in [0.29, 0.717) is 0 Å². The molecule has 0 amide bonds. The van der Waals surface area contributed by atoms with Crippen LogP contribution < -0.4 is 0 Å². The van der Waals surface area contributed by atoms with Crippen LogP contribution in [0, 0.1) is 41.3 Å². The van der Waals surface area contributed by atoms with Crippen molar-refractivity contribution in [3.05, 3.63) is 0 Å². The molecule has 0 saturated carbocycles. The van der Waals surface area contributed by atoms with Crippen LogP contribution >= 0.6 is 0 Å².